The summed E-state index contributed by atoms with van der Waals surface area (Å²) in [5.74, 6) is 2.66. The average Bonchev–Trinajstić information content (AvgIpc) is 3.54. The van der Waals surface area contributed by atoms with Gasteiger partial charge in [0.15, 0.2) is 16.6 Å². The number of nitrogens with one attached hydrogen (secondary N) is 1. The van der Waals surface area contributed by atoms with E-state index in [9.17, 15) is 10.1 Å². The van der Waals surface area contributed by atoms with Gasteiger partial charge in [-0.2, -0.15) is 0 Å². The van der Waals surface area contributed by atoms with Crippen LogP contribution in [-0.4, -0.2) is 64.9 Å². The minimum atomic E-state index is -0.437. The van der Waals surface area contributed by atoms with E-state index < -0.39 is 4.92 Å². The van der Waals surface area contributed by atoms with Crippen LogP contribution < -0.4 is 24.4 Å². The number of hydrogen-bond donors (Lipinski definition) is 1. The number of rotatable bonds is 7. The zero-order valence-electron chi connectivity index (χ0n) is 19.9. The van der Waals surface area contributed by atoms with E-state index in [2.05, 4.69) is 25.2 Å². The fourth-order valence-electron chi connectivity index (χ4n) is 4.46. The lowest BCUT2D eigenvalue weighted by Gasteiger charge is -2.35. The predicted octanol–water partition coefficient (Wildman–Crippen LogP) is 3.80. The van der Waals surface area contributed by atoms with Crippen molar-refractivity contribution < 1.29 is 19.1 Å². The van der Waals surface area contributed by atoms with Crippen molar-refractivity contribution in [1.82, 2.24) is 19.9 Å². The van der Waals surface area contributed by atoms with Crippen molar-refractivity contribution in [3.05, 3.63) is 58.4 Å². The van der Waals surface area contributed by atoms with E-state index in [-0.39, 0.29) is 18.3 Å². The summed E-state index contributed by atoms with van der Waals surface area (Å²) in [7, 11) is 1.60. The highest BCUT2D eigenvalue weighted by molar-refractivity contribution is 7.22. The molecule has 0 amide bonds. The third-order valence-electron chi connectivity index (χ3n) is 6.32. The summed E-state index contributed by atoms with van der Waals surface area (Å²) in [5, 5.41) is 15.7. The maximum atomic E-state index is 12.1. The van der Waals surface area contributed by atoms with Gasteiger partial charge in [-0.05, 0) is 35.9 Å². The van der Waals surface area contributed by atoms with Gasteiger partial charge in [0.05, 0.1) is 22.2 Å². The predicted molar refractivity (Wildman–Crippen MR) is 138 cm³/mol. The Morgan fingerprint density at radius 1 is 1.11 bits per heavy atom. The molecule has 1 N–H and O–H groups in total. The van der Waals surface area contributed by atoms with Crippen molar-refractivity contribution >= 4 is 44.0 Å². The minimum Gasteiger partial charge on any atom is -0.497 e. The van der Waals surface area contributed by atoms with Gasteiger partial charge in [-0.3, -0.25) is 15.0 Å². The Balaban J connectivity index is 1.18. The van der Waals surface area contributed by atoms with Crippen LogP contribution in [0.1, 0.15) is 5.56 Å². The summed E-state index contributed by atoms with van der Waals surface area (Å²) < 4.78 is 17.0. The largest absolute Gasteiger partial charge is 0.497 e. The molecule has 0 radical (unpaired) electrons. The van der Waals surface area contributed by atoms with Crippen LogP contribution in [0.15, 0.2) is 42.7 Å². The lowest BCUT2D eigenvalue weighted by atomic mass is 10.1. The van der Waals surface area contributed by atoms with Crippen LogP contribution in [-0.2, 0) is 6.54 Å². The molecule has 0 aliphatic carbocycles. The first-order valence-corrected chi connectivity index (χ1v) is 12.5. The lowest BCUT2D eigenvalue weighted by molar-refractivity contribution is -0.383. The SMILES string of the molecule is COc1ccc2nc(Nc3ncnc(N4CCN(Cc5ccc6c(c5)OCO6)CC4)c3[N+](=O)[O-])sc2c1. The van der Waals surface area contributed by atoms with Crippen LogP contribution in [0.4, 0.5) is 22.5 Å². The van der Waals surface area contributed by atoms with Gasteiger partial charge in [-0.25, -0.2) is 15.0 Å². The monoisotopic (exact) mass is 521 g/mol. The second kappa shape index (κ2) is 9.67. The van der Waals surface area contributed by atoms with Gasteiger partial charge in [0.25, 0.3) is 0 Å². The standard InChI is InChI=1S/C24H23N7O5S/c1-34-16-3-4-17-20(11-16)37-24(27-17)28-22-21(31(32)33)23(26-13-25-22)30-8-6-29(7-9-30)12-15-2-5-18-19(10-15)36-14-35-18/h2-5,10-11,13H,6-9,12,14H2,1H3,(H,25,26,27,28). The fourth-order valence-corrected chi connectivity index (χ4v) is 5.36. The molecule has 4 aromatic rings. The van der Waals surface area contributed by atoms with Crippen molar-refractivity contribution in [2.75, 3.05) is 50.3 Å². The molecule has 2 aliphatic rings. The maximum Gasteiger partial charge on any atom is 0.353 e. The third-order valence-corrected chi connectivity index (χ3v) is 7.26. The van der Waals surface area contributed by atoms with Crippen LogP contribution >= 0.6 is 11.3 Å². The molecule has 190 valence electrons. The van der Waals surface area contributed by atoms with Gasteiger partial charge in [-0.1, -0.05) is 17.4 Å². The molecule has 37 heavy (non-hydrogen) atoms. The maximum absolute atomic E-state index is 12.1. The van der Waals surface area contributed by atoms with E-state index in [1.807, 2.05) is 41.3 Å². The number of nitrogens with zero attached hydrogens (tertiary/aromatic N) is 6. The normalized spacial score (nSPS) is 15.2. The first-order chi connectivity index (χ1) is 18.1. The number of hydrogen-bond acceptors (Lipinski definition) is 12. The summed E-state index contributed by atoms with van der Waals surface area (Å²) in [6.07, 6.45) is 1.35. The molecule has 4 heterocycles. The Labute approximate surface area is 215 Å². The molecular formula is C24H23N7O5S. The second-order valence-corrected chi connectivity index (χ2v) is 9.61. The molecule has 1 saturated heterocycles. The minimum absolute atomic E-state index is 0.115. The summed E-state index contributed by atoms with van der Waals surface area (Å²) in [6.45, 7) is 3.67. The van der Waals surface area contributed by atoms with Crippen molar-refractivity contribution in [3.8, 4) is 17.2 Å². The van der Waals surface area contributed by atoms with Gasteiger partial charge in [0, 0.05) is 32.7 Å². The number of aromatic nitrogens is 3. The molecule has 2 aromatic carbocycles. The van der Waals surface area contributed by atoms with Crippen LogP contribution in [0, 0.1) is 10.1 Å². The van der Waals surface area contributed by atoms with E-state index in [1.54, 1.807) is 7.11 Å². The Kier molecular flexibility index (Phi) is 6.06. The molecule has 0 atom stereocenters. The molecule has 0 unspecified atom stereocenters. The molecular weight excluding hydrogens is 498 g/mol. The number of piperazine rings is 1. The molecule has 12 nitrogen and oxygen atoms in total. The van der Waals surface area contributed by atoms with Crippen LogP contribution in [0.3, 0.4) is 0 Å². The van der Waals surface area contributed by atoms with Gasteiger partial charge in [0.1, 0.15) is 12.1 Å². The van der Waals surface area contributed by atoms with E-state index in [0.29, 0.717) is 24.0 Å². The number of thiazole rings is 1. The third kappa shape index (κ3) is 4.66. The number of fused-ring (bicyclic) bond motifs is 2. The first-order valence-electron chi connectivity index (χ1n) is 11.6. The molecule has 1 fully saturated rings. The summed E-state index contributed by atoms with van der Waals surface area (Å²) in [5.41, 5.74) is 1.73. The highest BCUT2D eigenvalue weighted by Gasteiger charge is 2.30. The van der Waals surface area contributed by atoms with Crippen LogP contribution in [0.2, 0.25) is 0 Å². The van der Waals surface area contributed by atoms with Crippen molar-refractivity contribution in [2.24, 2.45) is 0 Å². The summed E-state index contributed by atoms with van der Waals surface area (Å²) >= 11 is 1.37. The van der Waals surface area contributed by atoms with Gasteiger partial charge in [-0.15, -0.1) is 0 Å². The Morgan fingerprint density at radius 2 is 1.95 bits per heavy atom. The number of anilines is 3. The van der Waals surface area contributed by atoms with Crippen LogP contribution in [0.25, 0.3) is 10.2 Å². The van der Waals surface area contributed by atoms with E-state index in [4.69, 9.17) is 14.2 Å². The van der Waals surface area contributed by atoms with E-state index in [0.717, 1.165) is 52.7 Å². The van der Waals surface area contributed by atoms with E-state index >= 15 is 0 Å². The zero-order chi connectivity index (χ0) is 25.4. The topological polar surface area (TPSA) is 128 Å². The van der Waals surface area contributed by atoms with Crippen molar-refractivity contribution in [3.63, 3.8) is 0 Å². The summed E-state index contributed by atoms with van der Waals surface area (Å²) in [6, 6.07) is 11.5. The molecule has 0 saturated carbocycles. The summed E-state index contributed by atoms with van der Waals surface area (Å²) in [4.78, 5) is 28.9. The molecule has 6 rings (SSSR count). The molecule has 13 heteroatoms. The number of nitro groups is 1. The first kappa shape index (κ1) is 23.2. The molecule has 2 aliphatic heterocycles. The number of ether oxygens (including phenoxy) is 3. The van der Waals surface area contributed by atoms with Crippen LogP contribution in [0.5, 0.6) is 17.2 Å². The Hall–Kier alpha value is -4.23. The highest BCUT2D eigenvalue weighted by Crippen LogP contribution is 2.37. The quantitative estimate of drug-likeness (QED) is 0.282. The van der Waals surface area contributed by atoms with Gasteiger partial charge >= 0.3 is 5.69 Å². The highest BCUT2D eigenvalue weighted by atomic mass is 32.1. The fraction of sp³-hybridized carbons (Fsp3) is 0.292. The Bertz CT molecular complexity index is 1470. The number of benzene rings is 2. The van der Waals surface area contributed by atoms with Crippen molar-refractivity contribution in [1.29, 1.82) is 0 Å². The zero-order valence-corrected chi connectivity index (χ0v) is 20.7. The molecule has 0 bridgehead atoms. The molecule has 2 aromatic heterocycles. The molecule has 0 spiro atoms. The van der Waals surface area contributed by atoms with Crippen molar-refractivity contribution in [2.45, 2.75) is 6.54 Å². The average molecular weight is 522 g/mol. The lowest BCUT2D eigenvalue weighted by Crippen LogP contribution is -2.46. The van der Waals surface area contributed by atoms with Gasteiger partial charge < -0.3 is 24.4 Å². The number of methoxy groups -OCH3 is 1. The van der Waals surface area contributed by atoms with Gasteiger partial charge in [0.2, 0.25) is 18.4 Å². The smallest absolute Gasteiger partial charge is 0.353 e. The van der Waals surface area contributed by atoms with E-state index in [1.165, 1.54) is 17.7 Å². The second-order valence-electron chi connectivity index (χ2n) is 8.58. The Morgan fingerprint density at radius 3 is 2.76 bits per heavy atom.